The van der Waals surface area contributed by atoms with E-state index < -0.39 is 0 Å². The number of nitrogens with one attached hydrogen (secondary N) is 2. The van der Waals surface area contributed by atoms with Gasteiger partial charge >= 0.3 is 0 Å². The smallest absolute Gasteiger partial charge is 0.220 e. The molecule has 2 N–H and O–H groups in total. The number of H-pyrrole nitrogens is 1. The van der Waals surface area contributed by atoms with Gasteiger partial charge in [0, 0.05) is 13.0 Å². The van der Waals surface area contributed by atoms with E-state index in [1.807, 2.05) is 23.6 Å². The SMILES string of the molecule is CCn1c(CNC(=O)CCc2cccc(Cl)c2Cl)n[nH]c1=S. The van der Waals surface area contributed by atoms with E-state index in [0.717, 1.165) is 5.56 Å². The van der Waals surface area contributed by atoms with E-state index in [1.54, 1.807) is 6.07 Å². The largest absolute Gasteiger partial charge is 0.349 e. The van der Waals surface area contributed by atoms with Gasteiger partial charge in [-0.15, -0.1) is 0 Å². The Kier molecular flexibility index (Phi) is 5.99. The molecule has 1 aromatic carbocycles. The predicted octanol–water partition coefficient (Wildman–Crippen LogP) is 3.52. The molecule has 0 spiro atoms. The number of nitrogens with zero attached hydrogens (tertiary/aromatic N) is 2. The maximum atomic E-state index is 11.9. The molecule has 5 nitrogen and oxygen atoms in total. The molecule has 1 amide bonds. The molecule has 0 fully saturated rings. The van der Waals surface area contributed by atoms with E-state index in [9.17, 15) is 4.79 Å². The summed E-state index contributed by atoms with van der Waals surface area (Å²) in [5.74, 6) is 0.634. The van der Waals surface area contributed by atoms with Gasteiger partial charge in [-0.1, -0.05) is 35.3 Å². The first-order valence-electron chi connectivity index (χ1n) is 6.86. The molecule has 0 aliphatic carbocycles. The van der Waals surface area contributed by atoms with E-state index in [0.29, 0.717) is 46.6 Å². The number of hydrogen-bond donors (Lipinski definition) is 2. The average Bonchev–Trinajstić information content (AvgIpc) is 2.86. The van der Waals surface area contributed by atoms with Crippen LogP contribution in [0.2, 0.25) is 10.0 Å². The number of halogens is 2. The van der Waals surface area contributed by atoms with Crippen molar-refractivity contribution in [3.05, 3.63) is 44.4 Å². The van der Waals surface area contributed by atoms with Gasteiger partial charge in [-0.3, -0.25) is 9.89 Å². The highest BCUT2D eigenvalue weighted by molar-refractivity contribution is 7.71. The molecule has 118 valence electrons. The quantitative estimate of drug-likeness (QED) is 0.776. The summed E-state index contributed by atoms with van der Waals surface area (Å²) in [5, 5.41) is 10.6. The molecule has 0 aliphatic rings. The van der Waals surface area contributed by atoms with Gasteiger partial charge in [0.25, 0.3) is 0 Å². The van der Waals surface area contributed by atoms with E-state index in [4.69, 9.17) is 35.4 Å². The number of benzene rings is 1. The van der Waals surface area contributed by atoms with Crippen LogP contribution in [0, 0.1) is 4.77 Å². The number of aryl methyl sites for hydroxylation is 1. The first-order valence-corrected chi connectivity index (χ1v) is 8.03. The second-order valence-corrected chi connectivity index (χ2v) is 5.85. The lowest BCUT2D eigenvalue weighted by atomic mass is 10.1. The van der Waals surface area contributed by atoms with Crippen LogP contribution in [0.25, 0.3) is 0 Å². The third-order valence-corrected chi connectivity index (χ3v) is 4.42. The third kappa shape index (κ3) is 4.09. The fraction of sp³-hybridized carbons (Fsp3) is 0.357. The summed E-state index contributed by atoms with van der Waals surface area (Å²) in [5.41, 5.74) is 0.862. The lowest BCUT2D eigenvalue weighted by Crippen LogP contribution is -2.25. The normalized spacial score (nSPS) is 10.7. The Bertz CT molecular complexity index is 726. The summed E-state index contributed by atoms with van der Waals surface area (Å²) in [6.45, 7) is 3.01. The molecule has 0 saturated heterocycles. The highest BCUT2D eigenvalue weighted by atomic mass is 35.5. The van der Waals surface area contributed by atoms with Gasteiger partial charge < -0.3 is 9.88 Å². The van der Waals surface area contributed by atoms with Crippen molar-refractivity contribution in [3.63, 3.8) is 0 Å². The van der Waals surface area contributed by atoms with Crippen molar-refractivity contribution < 1.29 is 4.79 Å². The zero-order valence-corrected chi connectivity index (χ0v) is 14.4. The van der Waals surface area contributed by atoms with Crippen LogP contribution >= 0.6 is 35.4 Å². The summed E-state index contributed by atoms with van der Waals surface area (Å²) in [6, 6.07) is 5.41. The fourth-order valence-electron chi connectivity index (χ4n) is 2.07. The number of carbonyl (C=O) groups excluding carboxylic acids is 1. The van der Waals surface area contributed by atoms with Crippen LogP contribution in [-0.4, -0.2) is 20.7 Å². The van der Waals surface area contributed by atoms with E-state index in [-0.39, 0.29) is 5.91 Å². The summed E-state index contributed by atoms with van der Waals surface area (Å²) in [6.07, 6.45) is 0.864. The Morgan fingerprint density at radius 2 is 2.23 bits per heavy atom. The highest BCUT2D eigenvalue weighted by Crippen LogP contribution is 2.26. The lowest BCUT2D eigenvalue weighted by molar-refractivity contribution is -0.121. The maximum Gasteiger partial charge on any atom is 0.220 e. The molecule has 8 heteroatoms. The lowest BCUT2D eigenvalue weighted by Gasteiger charge is -2.07. The molecule has 0 unspecified atom stereocenters. The number of carbonyl (C=O) groups is 1. The number of hydrogen-bond acceptors (Lipinski definition) is 3. The van der Waals surface area contributed by atoms with Crippen LogP contribution in [0.4, 0.5) is 0 Å². The molecule has 0 aliphatic heterocycles. The monoisotopic (exact) mass is 358 g/mol. The molecule has 0 atom stereocenters. The molecule has 2 rings (SSSR count). The molecule has 1 aromatic heterocycles. The summed E-state index contributed by atoms with van der Waals surface area (Å²) in [7, 11) is 0. The number of rotatable bonds is 6. The highest BCUT2D eigenvalue weighted by Gasteiger charge is 2.09. The minimum atomic E-state index is -0.0763. The van der Waals surface area contributed by atoms with Crippen molar-refractivity contribution >= 4 is 41.3 Å². The van der Waals surface area contributed by atoms with Gasteiger partial charge in [0.2, 0.25) is 5.91 Å². The van der Waals surface area contributed by atoms with Crippen LogP contribution in [0.3, 0.4) is 0 Å². The van der Waals surface area contributed by atoms with Crippen molar-refractivity contribution in [3.8, 4) is 0 Å². The summed E-state index contributed by atoms with van der Waals surface area (Å²) in [4.78, 5) is 11.9. The van der Waals surface area contributed by atoms with E-state index in [2.05, 4.69) is 15.5 Å². The molecule has 1 heterocycles. The van der Waals surface area contributed by atoms with Crippen molar-refractivity contribution in [2.45, 2.75) is 32.9 Å². The Morgan fingerprint density at radius 1 is 1.45 bits per heavy atom. The molecular weight excluding hydrogens is 343 g/mol. The van der Waals surface area contributed by atoms with E-state index >= 15 is 0 Å². The van der Waals surface area contributed by atoms with Gasteiger partial charge in [-0.2, -0.15) is 5.10 Å². The Labute approximate surface area is 143 Å². The average molecular weight is 359 g/mol. The van der Waals surface area contributed by atoms with Crippen molar-refractivity contribution in [2.24, 2.45) is 0 Å². The molecule has 2 aromatic rings. The van der Waals surface area contributed by atoms with Crippen LogP contribution in [0.1, 0.15) is 24.7 Å². The summed E-state index contributed by atoms with van der Waals surface area (Å²) >= 11 is 17.1. The zero-order chi connectivity index (χ0) is 16.1. The maximum absolute atomic E-state index is 11.9. The Morgan fingerprint density at radius 3 is 2.95 bits per heavy atom. The van der Waals surface area contributed by atoms with Crippen LogP contribution < -0.4 is 5.32 Å². The van der Waals surface area contributed by atoms with Gasteiger partial charge in [0.1, 0.15) is 0 Å². The van der Waals surface area contributed by atoms with Crippen molar-refractivity contribution in [1.82, 2.24) is 20.1 Å². The van der Waals surface area contributed by atoms with Gasteiger partial charge in [-0.05, 0) is 37.2 Å². The standard InChI is InChI=1S/C14H16Cl2N4OS/c1-2-20-11(18-19-14(20)22)8-17-12(21)7-6-9-4-3-5-10(15)13(9)16/h3-5H,2,6-8H2,1H3,(H,17,21)(H,19,22). The van der Waals surface area contributed by atoms with Crippen LogP contribution in [0.5, 0.6) is 0 Å². The zero-order valence-electron chi connectivity index (χ0n) is 12.0. The molecule has 0 radical (unpaired) electrons. The van der Waals surface area contributed by atoms with Gasteiger partial charge in [0.05, 0.1) is 16.6 Å². The predicted molar refractivity (Wildman–Crippen MR) is 89.7 cm³/mol. The Hall–Kier alpha value is -1.37. The molecule has 0 bridgehead atoms. The van der Waals surface area contributed by atoms with Crippen molar-refractivity contribution in [2.75, 3.05) is 0 Å². The minimum Gasteiger partial charge on any atom is -0.349 e. The van der Waals surface area contributed by atoms with Gasteiger partial charge in [0.15, 0.2) is 10.6 Å². The van der Waals surface area contributed by atoms with E-state index in [1.165, 1.54) is 0 Å². The minimum absolute atomic E-state index is 0.0763. The number of aromatic amines is 1. The second-order valence-electron chi connectivity index (χ2n) is 4.68. The van der Waals surface area contributed by atoms with Crippen LogP contribution in [0.15, 0.2) is 18.2 Å². The van der Waals surface area contributed by atoms with Crippen LogP contribution in [-0.2, 0) is 24.3 Å². The topological polar surface area (TPSA) is 62.7 Å². The van der Waals surface area contributed by atoms with Crippen molar-refractivity contribution in [1.29, 1.82) is 0 Å². The number of amides is 1. The first-order chi connectivity index (χ1) is 10.5. The molecule has 22 heavy (non-hydrogen) atoms. The molecule has 0 saturated carbocycles. The summed E-state index contributed by atoms with van der Waals surface area (Å²) < 4.78 is 2.39. The molecular formula is C14H16Cl2N4OS. The Balaban J connectivity index is 1.88. The fourth-order valence-corrected chi connectivity index (χ4v) is 2.76. The van der Waals surface area contributed by atoms with Gasteiger partial charge in [-0.25, -0.2) is 0 Å². The third-order valence-electron chi connectivity index (χ3n) is 3.25. The second kappa shape index (κ2) is 7.76. The first kappa shape index (κ1) is 17.0. The number of aromatic nitrogens is 3.